The molecule has 1 heterocycles. The number of nitrogens with one attached hydrogen (secondary N) is 1. The maximum atomic E-state index is 13.0. The van der Waals surface area contributed by atoms with Crippen molar-refractivity contribution in [1.82, 2.24) is 4.90 Å². The largest absolute Gasteiger partial charge is 0.350 e. The van der Waals surface area contributed by atoms with Gasteiger partial charge in [-0.15, -0.1) is 0 Å². The Morgan fingerprint density at radius 3 is 2.41 bits per heavy atom. The Bertz CT molecular complexity index is 963. The second-order valence-corrected chi connectivity index (χ2v) is 7.26. The molecule has 2 amide bonds. The molecule has 5 heteroatoms. The molecule has 0 saturated carbocycles. The zero-order chi connectivity index (χ0) is 19.7. The second kappa shape index (κ2) is 7.57. The molecule has 2 aromatic carbocycles. The number of hydrogen-bond acceptors (Lipinski definition) is 3. The molecular formula is C22H23ClN2O2. The summed E-state index contributed by atoms with van der Waals surface area (Å²) in [5.41, 5.74) is 5.24. The lowest BCUT2D eigenvalue weighted by molar-refractivity contribution is -0.136. The number of hydrogen-bond donors (Lipinski definition) is 1. The van der Waals surface area contributed by atoms with Crippen molar-refractivity contribution in [2.24, 2.45) is 0 Å². The summed E-state index contributed by atoms with van der Waals surface area (Å²) in [5, 5.41) is 3.79. The van der Waals surface area contributed by atoms with Gasteiger partial charge < -0.3 is 5.32 Å². The molecule has 0 fully saturated rings. The van der Waals surface area contributed by atoms with Gasteiger partial charge in [-0.25, -0.2) is 0 Å². The molecule has 1 aliphatic heterocycles. The molecule has 0 atom stereocenters. The van der Waals surface area contributed by atoms with E-state index < -0.39 is 0 Å². The molecule has 27 heavy (non-hydrogen) atoms. The van der Waals surface area contributed by atoms with E-state index in [4.69, 9.17) is 11.6 Å². The van der Waals surface area contributed by atoms with E-state index in [0.717, 1.165) is 27.9 Å². The van der Waals surface area contributed by atoms with E-state index in [0.29, 0.717) is 29.3 Å². The van der Waals surface area contributed by atoms with Crippen molar-refractivity contribution in [1.29, 1.82) is 0 Å². The monoisotopic (exact) mass is 382 g/mol. The summed E-state index contributed by atoms with van der Waals surface area (Å²) in [6.07, 6.45) is 0.709. The summed E-state index contributed by atoms with van der Waals surface area (Å²) in [6.45, 7) is 8.24. The van der Waals surface area contributed by atoms with Gasteiger partial charge in [-0.1, -0.05) is 42.8 Å². The molecule has 0 saturated heterocycles. The molecule has 0 aromatic heterocycles. The van der Waals surface area contributed by atoms with E-state index in [1.54, 1.807) is 6.07 Å². The van der Waals surface area contributed by atoms with Gasteiger partial charge in [-0.2, -0.15) is 0 Å². The number of amides is 2. The second-order valence-electron chi connectivity index (χ2n) is 6.85. The SMILES string of the molecule is CCCN1C(=O)C(Nc2cccc(Cl)c2C)=C(c2ccc(C)c(C)c2)C1=O. The van der Waals surface area contributed by atoms with Crippen LogP contribution in [0.15, 0.2) is 42.1 Å². The molecular weight excluding hydrogens is 360 g/mol. The average molecular weight is 383 g/mol. The number of benzene rings is 2. The molecule has 140 valence electrons. The van der Waals surface area contributed by atoms with Crippen molar-refractivity contribution in [3.63, 3.8) is 0 Å². The van der Waals surface area contributed by atoms with Gasteiger partial charge in [-0.05, 0) is 61.6 Å². The average Bonchev–Trinajstić information content (AvgIpc) is 2.86. The first-order valence-corrected chi connectivity index (χ1v) is 9.43. The van der Waals surface area contributed by atoms with Gasteiger partial charge in [0.1, 0.15) is 5.70 Å². The minimum absolute atomic E-state index is 0.257. The highest BCUT2D eigenvalue weighted by molar-refractivity contribution is 6.36. The van der Waals surface area contributed by atoms with Crippen LogP contribution in [-0.2, 0) is 9.59 Å². The summed E-state index contributed by atoms with van der Waals surface area (Å²) in [7, 11) is 0. The smallest absolute Gasteiger partial charge is 0.278 e. The van der Waals surface area contributed by atoms with Crippen molar-refractivity contribution in [3.8, 4) is 0 Å². The molecule has 0 unspecified atom stereocenters. The summed E-state index contributed by atoms with van der Waals surface area (Å²) in [5.74, 6) is -0.554. The van der Waals surface area contributed by atoms with E-state index in [1.165, 1.54) is 4.90 Å². The number of halogens is 1. The lowest BCUT2D eigenvalue weighted by Gasteiger charge is -2.14. The molecule has 0 aliphatic carbocycles. The van der Waals surface area contributed by atoms with E-state index in [2.05, 4.69) is 5.32 Å². The molecule has 0 radical (unpaired) electrons. The van der Waals surface area contributed by atoms with Gasteiger partial charge in [0.2, 0.25) is 0 Å². The Labute approximate surface area is 164 Å². The number of carbonyl (C=O) groups excluding carboxylic acids is 2. The van der Waals surface area contributed by atoms with E-state index in [9.17, 15) is 9.59 Å². The first kappa shape index (κ1) is 19.2. The molecule has 0 bridgehead atoms. The Morgan fingerprint density at radius 2 is 1.74 bits per heavy atom. The predicted molar refractivity (Wildman–Crippen MR) is 110 cm³/mol. The zero-order valence-electron chi connectivity index (χ0n) is 16.0. The highest BCUT2D eigenvalue weighted by Gasteiger charge is 2.38. The van der Waals surface area contributed by atoms with E-state index >= 15 is 0 Å². The van der Waals surface area contributed by atoms with Crippen LogP contribution in [0.4, 0.5) is 5.69 Å². The quantitative estimate of drug-likeness (QED) is 0.750. The maximum absolute atomic E-state index is 13.0. The molecule has 1 aliphatic rings. The van der Waals surface area contributed by atoms with Crippen LogP contribution >= 0.6 is 11.6 Å². The maximum Gasteiger partial charge on any atom is 0.278 e. The number of aryl methyl sites for hydroxylation is 2. The minimum Gasteiger partial charge on any atom is -0.350 e. The van der Waals surface area contributed by atoms with E-state index in [-0.39, 0.29) is 11.8 Å². The van der Waals surface area contributed by atoms with Crippen LogP contribution in [0.3, 0.4) is 0 Å². The lowest BCUT2D eigenvalue weighted by atomic mass is 9.99. The van der Waals surface area contributed by atoms with Gasteiger partial charge in [-0.3, -0.25) is 14.5 Å². The Balaban J connectivity index is 2.14. The number of imide groups is 1. The third-order valence-electron chi connectivity index (χ3n) is 4.94. The fraction of sp³-hybridized carbons (Fsp3) is 0.273. The number of anilines is 1. The summed E-state index contributed by atoms with van der Waals surface area (Å²) < 4.78 is 0. The topological polar surface area (TPSA) is 49.4 Å². The van der Waals surface area contributed by atoms with Gasteiger partial charge >= 0.3 is 0 Å². The van der Waals surface area contributed by atoms with Crippen molar-refractivity contribution >= 4 is 34.7 Å². The van der Waals surface area contributed by atoms with Crippen LogP contribution in [0.5, 0.6) is 0 Å². The highest BCUT2D eigenvalue weighted by Crippen LogP contribution is 2.33. The fourth-order valence-electron chi connectivity index (χ4n) is 3.16. The van der Waals surface area contributed by atoms with Crippen molar-refractivity contribution < 1.29 is 9.59 Å². The summed E-state index contributed by atoms with van der Waals surface area (Å²) in [4.78, 5) is 27.3. The first-order chi connectivity index (χ1) is 12.8. The fourth-order valence-corrected chi connectivity index (χ4v) is 3.34. The van der Waals surface area contributed by atoms with Gasteiger partial charge in [0.15, 0.2) is 0 Å². The summed E-state index contributed by atoms with van der Waals surface area (Å²) in [6, 6.07) is 11.3. The van der Waals surface area contributed by atoms with Crippen LogP contribution in [0.2, 0.25) is 5.02 Å². The van der Waals surface area contributed by atoms with Crippen LogP contribution in [0.1, 0.15) is 35.6 Å². The summed E-state index contributed by atoms with van der Waals surface area (Å²) >= 11 is 6.22. The lowest BCUT2D eigenvalue weighted by Crippen LogP contribution is -2.33. The Kier molecular flexibility index (Phi) is 5.38. The van der Waals surface area contributed by atoms with Gasteiger partial charge in [0.05, 0.1) is 5.57 Å². The highest BCUT2D eigenvalue weighted by atomic mass is 35.5. The Hall–Kier alpha value is -2.59. The van der Waals surface area contributed by atoms with Crippen molar-refractivity contribution in [3.05, 3.63) is 69.4 Å². The molecule has 2 aromatic rings. The van der Waals surface area contributed by atoms with Crippen LogP contribution in [0.25, 0.3) is 5.57 Å². The van der Waals surface area contributed by atoms with Crippen LogP contribution in [0, 0.1) is 20.8 Å². The first-order valence-electron chi connectivity index (χ1n) is 9.05. The minimum atomic E-state index is -0.297. The van der Waals surface area contributed by atoms with Crippen LogP contribution in [-0.4, -0.2) is 23.3 Å². The third kappa shape index (κ3) is 3.50. The van der Waals surface area contributed by atoms with Gasteiger partial charge in [0.25, 0.3) is 11.8 Å². The Morgan fingerprint density at radius 1 is 1.00 bits per heavy atom. The third-order valence-corrected chi connectivity index (χ3v) is 5.35. The van der Waals surface area contributed by atoms with Crippen molar-refractivity contribution in [2.75, 3.05) is 11.9 Å². The normalized spacial score (nSPS) is 14.3. The zero-order valence-corrected chi connectivity index (χ0v) is 16.8. The number of carbonyl (C=O) groups is 2. The number of nitrogens with zero attached hydrogens (tertiary/aromatic N) is 1. The standard InChI is InChI=1S/C22H23ClN2O2/c1-5-11-25-21(26)19(16-10-9-13(2)14(3)12-16)20(22(25)27)24-18-8-6-7-17(23)15(18)4/h6-10,12,24H,5,11H2,1-4H3. The molecule has 4 nitrogen and oxygen atoms in total. The van der Waals surface area contributed by atoms with Gasteiger partial charge in [0, 0.05) is 17.3 Å². The molecule has 0 spiro atoms. The molecule has 3 rings (SSSR count). The predicted octanol–water partition coefficient (Wildman–Crippen LogP) is 4.87. The number of rotatable bonds is 5. The van der Waals surface area contributed by atoms with Crippen LogP contribution < -0.4 is 5.32 Å². The van der Waals surface area contributed by atoms with E-state index in [1.807, 2.05) is 58.0 Å². The van der Waals surface area contributed by atoms with Crippen molar-refractivity contribution in [2.45, 2.75) is 34.1 Å². The molecule has 1 N–H and O–H groups in total.